The second kappa shape index (κ2) is 15.9. The van der Waals surface area contributed by atoms with E-state index in [2.05, 4.69) is 34.7 Å². The number of nitrogens with zero attached hydrogens (tertiary/aromatic N) is 2. The minimum Gasteiger partial charge on any atom is -0.374 e. The topological polar surface area (TPSA) is 83.0 Å². The fourth-order valence-corrected chi connectivity index (χ4v) is 3.63. The number of guanidine groups is 1. The van der Waals surface area contributed by atoms with Crippen LogP contribution in [0.3, 0.4) is 0 Å². The van der Waals surface area contributed by atoms with Gasteiger partial charge in [0.05, 0.1) is 12.4 Å². The summed E-state index contributed by atoms with van der Waals surface area (Å²) in [5, 5.41) is 6.46. The third kappa shape index (κ3) is 12.4. The summed E-state index contributed by atoms with van der Waals surface area (Å²) in [6.45, 7) is 9.68. The van der Waals surface area contributed by atoms with Gasteiger partial charge in [0.15, 0.2) is 5.96 Å². The van der Waals surface area contributed by atoms with E-state index in [-0.39, 0.29) is 30.1 Å². The average Bonchev–Trinajstić information content (AvgIpc) is 2.67. The predicted molar refractivity (Wildman–Crippen MR) is 132 cm³/mol. The van der Waals surface area contributed by atoms with Crippen molar-refractivity contribution in [2.24, 2.45) is 4.99 Å². The first-order valence-electron chi connectivity index (χ1n) is 10.0. The van der Waals surface area contributed by atoms with Gasteiger partial charge in [0.2, 0.25) is 10.0 Å². The number of halogens is 1. The van der Waals surface area contributed by atoms with Crippen LogP contribution in [0.15, 0.2) is 35.3 Å². The van der Waals surface area contributed by atoms with Crippen molar-refractivity contribution in [1.82, 2.24) is 14.9 Å². The Balaban J connectivity index is 0.00000784. The molecule has 0 fully saturated rings. The highest BCUT2D eigenvalue weighted by Gasteiger charge is 2.13. The van der Waals surface area contributed by atoms with Gasteiger partial charge in [0.1, 0.15) is 0 Å². The first kappa shape index (κ1) is 28.1. The Hall–Kier alpha value is -0.910. The third-order valence-electron chi connectivity index (χ3n) is 4.25. The van der Waals surface area contributed by atoms with Crippen LogP contribution in [0.5, 0.6) is 0 Å². The molecule has 1 aromatic rings. The lowest BCUT2D eigenvalue weighted by molar-refractivity contribution is 0.0652. The number of benzene rings is 1. The molecule has 2 N–H and O–H groups in total. The first-order valence-corrected chi connectivity index (χ1v) is 11.9. The molecule has 0 radical (unpaired) electrons. The minimum absolute atomic E-state index is 0. The highest BCUT2D eigenvalue weighted by Crippen LogP contribution is 2.15. The van der Waals surface area contributed by atoms with Crippen molar-refractivity contribution in [2.45, 2.75) is 39.7 Å². The number of ether oxygens (including phenoxy) is 1. The molecule has 0 aromatic heterocycles. The minimum atomic E-state index is -3.13. The van der Waals surface area contributed by atoms with Gasteiger partial charge in [-0.3, -0.25) is 4.99 Å². The number of rotatable bonds is 13. The SMILES string of the molecule is CCNC(=NCCCOC(C)c1ccccc1)NCCCN(CC)S(C)(=O)=O.I. The summed E-state index contributed by atoms with van der Waals surface area (Å²) in [4.78, 5) is 4.55. The molecule has 0 aliphatic heterocycles. The summed E-state index contributed by atoms with van der Waals surface area (Å²) in [6.07, 6.45) is 2.89. The molecule has 0 saturated heterocycles. The van der Waals surface area contributed by atoms with Gasteiger partial charge in [-0.15, -0.1) is 24.0 Å². The Morgan fingerprint density at radius 2 is 1.86 bits per heavy atom. The van der Waals surface area contributed by atoms with E-state index in [4.69, 9.17) is 4.74 Å². The molecule has 7 nitrogen and oxygen atoms in total. The van der Waals surface area contributed by atoms with E-state index >= 15 is 0 Å². The van der Waals surface area contributed by atoms with Crippen molar-refractivity contribution >= 4 is 40.0 Å². The fraction of sp³-hybridized carbons (Fsp3) is 0.650. The van der Waals surface area contributed by atoms with Gasteiger partial charge < -0.3 is 15.4 Å². The van der Waals surface area contributed by atoms with Crippen LogP contribution in [0.4, 0.5) is 0 Å². The van der Waals surface area contributed by atoms with E-state index in [1.54, 1.807) is 0 Å². The number of nitrogens with one attached hydrogen (secondary N) is 2. The maximum atomic E-state index is 11.6. The number of aliphatic imine (C=N–C) groups is 1. The van der Waals surface area contributed by atoms with Crippen LogP contribution in [0.2, 0.25) is 0 Å². The first-order chi connectivity index (χ1) is 13.4. The van der Waals surface area contributed by atoms with Crippen LogP contribution < -0.4 is 10.6 Å². The van der Waals surface area contributed by atoms with Gasteiger partial charge in [-0.2, -0.15) is 0 Å². The van der Waals surface area contributed by atoms with Gasteiger partial charge >= 0.3 is 0 Å². The summed E-state index contributed by atoms with van der Waals surface area (Å²) in [5.74, 6) is 0.751. The van der Waals surface area contributed by atoms with Gasteiger partial charge in [-0.25, -0.2) is 12.7 Å². The van der Waals surface area contributed by atoms with Crippen LogP contribution in [-0.4, -0.2) is 64.3 Å². The normalized spacial score (nSPS) is 13.1. The van der Waals surface area contributed by atoms with Crippen molar-refractivity contribution in [3.8, 4) is 0 Å². The highest BCUT2D eigenvalue weighted by atomic mass is 127. The van der Waals surface area contributed by atoms with E-state index in [9.17, 15) is 8.42 Å². The van der Waals surface area contributed by atoms with Crippen molar-refractivity contribution in [2.75, 3.05) is 45.6 Å². The van der Waals surface area contributed by atoms with Crippen LogP contribution in [0, 0.1) is 0 Å². The monoisotopic (exact) mass is 540 g/mol. The summed E-state index contributed by atoms with van der Waals surface area (Å²) < 4.78 is 30.5. The second-order valence-corrected chi connectivity index (χ2v) is 8.56. The van der Waals surface area contributed by atoms with Crippen molar-refractivity contribution in [1.29, 1.82) is 0 Å². The molecule has 0 spiro atoms. The van der Waals surface area contributed by atoms with Crippen LogP contribution in [0.1, 0.15) is 45.3 Å². The Bertz CT molecular complexity index is 672. The largest absolute Gasteiger partial charge is 0.374 e. The maximum Gasteiger partial charge on any atom is 0.211 e. The molecule has 1 aromatic carbocycles. The molecule has 0 bridgehead atoms. The highest BCUT2D eigenvalue weighted by molar-refractivity contribution is 14.0. The van der Waals surface area contributed by atoms with Crippen molar-refractivity contribution < 1.29 is 13.2 Å². The molecule has 29 heavy (non-hydrogen) atoms. The van der Waals surface area contributed by atoms with E-state index in [0.717, 1.165) is 25.3 Å². The van der Waals surface area contributed by atoms with Crippen LogP contribution in [-0.2, 0) is 14.8 Å². The molecule has 1 atom stereocenters. The standard InChI is InChI=1S/C20H36N4O3S.HI/c1-5-21-20(22-14-10-16-24(6-2)28(4,25)26)23-15-11-17-27-18(3)19-12-8-7-9-13-19;/h7-9,12-13,18H,5-6,10-11,14-17H2,1-4H3,(H2,21,22,23);1H. The predicted octanol–water partition coefficient (Wildman–Crippen LogP) is 3.00. The van der Waals surface area contributed by atoms with Gasteiger partial charge in [0, 0.05) is 39.3 Å². The molecular formula is C20H37IN4O3S. The van der Waals surface area contributed by atoms with E-state index < -0.39 is 10.0 Å². The molecule has 1 rings (SSSR count). The second-order valence-electron chi connectivity index (χ2n) is 6.57. The lowest BCUT2D eigenvalue weighted by Gasteiger charge is -2.18. The lowest BCUT2D eigenvalue weighted by atomic mass is 10.1. The molecule has 0 amide bonds. The van der Waals surface area contributed by atoms with Crippen molar-refractivity contribution in [3.63, 3.8) is 0 Å². The van der Waals surface area contributed by atoms with Gasteiger partial charge in [-0.1, -0.05) is 37.3 Å². The van der Waals surface area contributed by atoms with Crippen LogP contribution in [0.25, 0.3) is 0 Å². The smallest absolute Gasteiger partial charge is 0.211 e. The Kier molecular flexibility index (Phi) is 15.4. The van der Waals surface area contributed by atoms with Gasteiger partial charge in [0.25, 0.3) is 0 Å². The third-order valence-corrected chi connectivity index (χ3v) is 5.63. The molecule has 0 heterocycles. The molecule has 9 heteroatoms. The molecule has 168 valence electrons. The summed E-state index contributed by atoms with van der Waals surface area (Å²) in [7, 11) is -3.13. The quantitative estimate of drug-likeness (QED) is 0.174. The molecule has 1 unspecified atom stereocenters. The number of hydrogen-bond acceptors (Lipinski definition) is 4. The Labute approximate surface area is 193 Å². The Morgan fingerprint density at radius 1 is 1.17 bits per heavy atom. The lowest BCUT2D eigenvalue weighted by Crippen LogP contribution is -2.39. The number of hydrogen-bond donors (Lipinski definition) is 2. The average molecular weight is 541 g/mol. The van der Waals surface area contributed by atoms with E-state index in [1.807, 2.05) is 32.0 Å². The molecule has 0 aliphatic rings. The molecule has 0 saturated carbocycles. The Morgan fingerprint density at radius 3 is 2.45 bits per heavy atom. The zero-order valence-corrected chi connectivity index (χ0v) is 21.2. The summed E-state index contributed by atoms with van der Waals surface area (Å²) in [5.41, 5.74) is 1.18. The number of sulfonamides is 1. The van der Waals surface area contributed by atoms with Crippen molar-refractivity contribution in [3.05, 3.63) is 35.9 Å². The summed E-state index contributed by atoms with van der Waals surface area (Å²) in [6, 6.07) is 10.2. The molecule has 0 aliphatic carbocycles. The zero-order chi connectivity index (χ0) is 20.8. The maximum absolute atomic E-state index is 11.6. The van der Waals surface area contributed by atoms with E-state index in [1.165, 1.54) is 16.1 Å². The van der Waals surface area contributed by atoms with E-state index in [0.29, 0.717) is 32.8 Å². The van der Waals surface area contributed by atoms with Gasteiger partial charge in [-0.05, 0) is 32.3 Å². The zero-order valence-electron chi connectivity index (χ0n) is 18.1. The fourth-order valence-electron chi connectivity index (χ4n) is 2.70. The summed E-state index contributed by atoms with van der Waals surface area (Å²) >= 11 is 0. The van der Waals surface area contributed by atoms with Crippen LogP contribution >= 0.6 is 24.0 Å². The molecular weight excluding hydrogens is 503 g/mol.